The molecule has 0 radical (unpaired) electrons. The van der Waals surface area contributed by atoms with Gasteiger partial charge in [-0.1, -0.05) is 146 Å². The highest BCUT2D eigenvalue weighted by atomic mass is 32.1. The van der Waals surface area contributed by atoms with Crippen molar-refractivity contribution < 1.29 is 4.42 Å². The molecule has 0 bridgehead atoms. The lowest BCUT2D eigenvalue weighted by Crippen LogP contribution is -2.04. The van der Waals surface area contributed by atoms with Crippen LogP contribution in [0.1, 0.15) is 0 Å². The quantitative estimate of drug-likeness (QED) is 0.177. The van der Waals surface area contributed by atoms with Crippen LogP contribution in [-0.4, -0.2) is 19.5 Å². The van der Waals surface area contributed by atoms with Gasteiger partial charge >= 0.3 is 0 Å². The number of fused-ring (bicyclic) bond motifs is 13. The number of aromatic nitrogens is 4. The van der Waals surface area contributed by atoms with Gasteiger partial charge in [-0.25, -0.2) is 15.0 Å². The molecule has 0 saturated heterocycles. The number of furan rings is 1. The SMILES string of the molecule is c1ccc2cc3c(cc2c1)c1c2ccccc2ccc1n3-c1cc2oc3ccccc3c2cc1-c1nc(-c2cccc3ccccc23)nc(-c2cccc3c2sc2ccccc23)n1. The molecule has 0 fully saturated rings. The molecule has 10 aromatic carbocycles. The van der Waals surface area contributed by atoms with E-state index in [1.807, 2.05) is 12.1 Å². The van der Waals surface area contributed by atoms with Crippen molar-refractivity contribution in [2.24, 2.45) is 0 Å². The second-order valence-electron chi connectivity index (χ2n) is 16.3. The van der Waals surface area contributed by atoms with E-state index in [0.29, 0.717) is 17.5 Å². The van der Waals surface area contributed by atoms with Gasteiger partial charge < -0.3 is 8.98 Å². The zero-order chi connectivity index (χ0) is 41.2. The summed E-state index contributed by atoms with van der Waals surface area (Å²) in [5, 5.41) is 13.8. The van der Waals surface area contributed by atoms with Gasteiger partial charge in [0.1, 0.15) is 11.2 Å². The Hall–Kier alpha value is -8.19. The van der Waals surface area contributed by atoms with Crippen molar-refractivity contribution in [1.82, 2.24) is 19.5 Å². The standard InChI is InChI=1S/C57H32N4OS/c1-2-16-36-30-48-45(29-35(36)15-1)53-38-19-6-4-14-34(38)27-28-47(53)61(48)49-32-51-44(39-20-7-9-25-50(39)62-51)31-46(49)57-59-55(42-23-11-17-33-13-3-5-18-37(33)42)58-56(60-57)43-24-12-22-41-40-21-8-10-26-52(40)63-54(41)43/h1-32H. The topological polar surface area (TPSA) is 56.7 Å². The van der Waals surface area contributed by atoms with E-state index in [1.165, 1.54) is 47.8 Å². The highest BCUT2D eigenvalue weighted by Gasteiger charge is 2.24. The Morgan fingerprint density at radius 3 is 1.81 bits per heavy atom. The molecular weight excluding hydrogens is 789 g/mol. The Labute approximate surface area is 363 Å². The van der Waals surface area contributed by atoms with Crippen LogP contribution in [0.15, 0.2) is 199 Å². The number of hydrogen-bond acceptors (Lipinski definition) is 5. The summed E-state index contributed by atoms with van der Waals surface area (Å²) in [4.78, 5) is 16.4. The van der Waals surface area contributed by atoms with Crippen molar-refractivity contribution >= 4 is 108 Å². The number of nitrogens with zero attached hydrogens (tertiary/aromatic N) is 4. The Kier molecular flexibility index (Phi) is 7.21. The van der Waals surface area contributed by atoms with Crippen molar-refractivity contribution in [3.63, 3.8) is 0 Å². The first-order valence-electron chi connectivity index (χ1n) is 21.2. The fourth-order valence-corrected chi connectivity index (χ4v) is 11.1. The van der Waals surface area contributed by atoms with E-state index in [0.717, 1.165) is 70.8 Å². The van der Waals surface area contributed by atoms with Crippen LogP contribution in [-0.2, 0) is 0 Å². The Balaban J connectivity index is 1.14. The minimum absolute atomic E-state index is 0.583. The van der Waals surface area contributed by atoms with Crippen LogP contribution in [0, 0.1) is 0 Å². The number of hydrogen-bond donors (Lipinski definition) is 0. The van der Waals surface area contributed by atoms with Crippen molar-refractivity contribution in [3.8, 4) is 39.9 Å². The van der Waals surface area contributed by atoms with Gasteiger partial charge in [-0.15, -0.1) is 11.3 Å². The predicted octanol–water partition coefficient (Wildman–Crippen LogP) is 15.7. The smallest absolute Gasteiger partial charge is 0.166 e. The monoisotopic (exact) mass is 820 g/mol. The van der Waals surface area contributed by atoms with Gasteiger partial charge in [-0.2, -0.15) is 0 Å². The number of thiophene rings is 1. The van der Waals surface area contributed by atoms with Crippen LogP contribution in [0.4, 0.5) is 0 Å². The third kappa shape index (κ3) is 5.13. The predicted molar refractivity (Wildman–Crippen MR) is 263 cm³/mol. The number of para-hydroxylation sites is 1. The molecule has 292 valence electrons. The third-order valence-corrected chi connectivity index (χ3v) is 14.0. The summed E-state index contributed by atoms with van der Waals surface area (Å²) in [5.74, 6) is 1.83. The Bertz CT molecular complexity index is 4230. The lowest BCUT2D eigenvalue weighted by atomic mass is 10.0. The molecule has 63 heavy (non-hydrogen) atoms. The molecular formula is C57H32N4OS. The van der Waals surface area contributed by atoms with Crippen molar-refractivity contribution in [1.29, 1.82) is 0 Å². The summed E-state index contributed by atoms with van der Waals surface area (Å²) in [6, 6.07) is 69.1. The first-order valence-corrected chi connectivity index (χ1v) is 22.0. The van der Waals surface area contributed by atoms with Gasteiger partial charge in [0, 0.05) is 64.5 Å². The zero-order valence-electron chi connectivity index (χ0n) is 33.6. The molecule has 0 saturated carbocycles. The van der Waals surface area contributed by atoms with Crippen LogP contribution in [0.3, 0.4) is 0 Å². The molecule has 0 aliphatic carbocycles. The van der Waals surface area contributed by atoms with Crippen LogP contribution < -0.4 is 0 Å². The molecule has 0 unspecified atom stereocenters. The molecule has 0 aliphatic heterocycles. The van der Waals surface area contributed by atoms with Crippen molar-refractivity contribution in [2.45, 2.75) is 0 Å². The minimum atomic E-state index is 0.583. The zero-order valence-corrected chi connectivity index (χ0v) is 34.4. The largest absolute Gasteiger partial charge is 0.456 e. The molecule has 6 heteroatoms. The van der Waals surface area contributed by atoms with Gasteiger partial charge in [0.25, 0.3) is 0 Å². The maximum Gasteiger partial charge on any atom is 0.166 e. The molecule has 14 aromatic rings. The van der Waals surface area contributed by atoms with E-state index < -0.39 is 0 Å². The van der Waals surface area contributed by atoms with Gasteiger partial charge in [0.05, 0.1) is 16.7 Å². The molecule has 4 heterocycles. The second kappa shape index (κ2) is 13.2. The number of rotatable bonds is 4. The molecule has 0 atom stereocenters. The summed E-state index contributed by atoms with van der Waals surface area (Å²) >= 11 is 1.78. The van der Waals surface area contributed by atoms with Crippen LogP contribution >= 0.6 is 11.3 Å². The number of benzene rings is 10. The highest BCUT2D eigenvalue weighted by molar-refractivity contribution is 7.26. The summed E-state index contributed by atoms with van der Waals surface area (Å²) in [6.07, 6.45) is 0. The lowest BCUT2D eigenvalue weighted by molar-refractivity contribution is 0.668. The maximum atomic E-state index is 6.69. The van der Waals surface area contributed by atoms with E-state index in [-0.39, 0.29) is 0 Å². The lowest BCUT2D eigenvalue weighted by Gasteiger charge is -2.16. The molecule has 14 rings (SSSR count). The molecule has 0 aliphatic rings. The first-order chi connectivity index (χ1) is 31.2. The average Bonchev–Trinajstić information content (AvgIpc) is 4.01. The fourth-order valence-electron chi connectivity index (χ4n) is 9.94. The summed E-state index contributed by atoms with van der Waals surface area (Å²) in [5.41, 5.74) is 7.54. The highest BCUT2D eigenvalue weighted by Crippen LogP contribution is 2.45. The molecule has 0 amide bonds. The molecule has 0 spiro atoms. The fraction of sp³-hybridized carbons (Fsp3) is 0. The van der Waals surface area contributed by atoms with Crippen LogP contribution in [0.25, 0.3) is 136 Å². The summed E-state index contributed by atoms with van der Waals surface area (Å²) in [6.45, 7) is 0. The van der Waals surface area contributed by atoms with Gasteiger partial charge in [0.2, 0.25) is 0 Å². The molecule has 4 aromatic heterocycles. The van der Waals surface area contributed by atoms with E-state index in [4.69, 9.17) is 19.4 Å². The van der Waals surface area contributed by atoms with Gasteiger partial charge in [0.15, 0.2) is 17.5 Å². The van der Waals surface area contributed by atoms with Gasteiger partial charge in [-0.05, 0) is 74.8 Å². The average molecular weight is 821 g/mol. The summed E-state index contributed by atoms with van der Waals surface area (Å²) in [7, 11) is 0. The first kappa shape index (κ1) is 34.5. The van der Waals surface area contributed by atoms with Crippen molar-refractivity contribution in [2.75, 3.05) is 0 Å². The molecule has 5 nitrogen and oxygen atoms in total. The third-order valence-electron chi connectivity index (χ3n) is 12.8. The van der Waals surface area contributed by atoms with Crippen LogP contribution in [0.5, 0.6) is 0 Å². The van der Waals surface area contributed by atoms with Crippen molar-refractivity contribution in [3.05, 3.63) is 194 Å². The summed E-state index contributed by atoms with van der Waals surface area (Å²) < 4.78 is 11.5. The van der Waals surface area contributed by atoms with E-state index in [9.17, 15) is 0 Å². The Morgan fingerprint density at radius 1 is 0.365 bits per heavy atom. The van der Waals surface area contributed by atoms with Gasteiger partial charge in [-0.3, -0.25) is 0 Å². The normalized spacial score (nSPS) is 12.1. The Morgan fingerprint density at radius 2 is 0.968 bits per heavy atom. The van der Waals surface area contributed by atoms with E-state index in [1.54, 1.807) is 11.3 Å². The van der Waals surface area contributed by atoms with E-state index in [2.05, 4.69) is 187 Å². The van der Waals surface area contributed by atoms with Crippen LogP contribution in [0.2, 0.25) is 0 Å². The minimum Gasteiger partial charge on any atom is -0.456 e. The maximum absolute atomic E-state index is 6.69. The second-order valence-corrected chi connectivity index (χ2v) is 17.4. The molecule has 0 N–H and O–H groups in total. The van der Waals surface area contributed by atoms with E-state index >= 15 is 0 Å².